The van der Waals surface area contributed by atoms with Crippen molar-refractivity contribution in [3.8, 4) is 0 Å². The number of anilines is 1. The van der Waals surface area contributed by atoms with Gasteiger partial charge in [-0.1, -0.05) is 12.5 Å². The lowest BCUT2D eigenvalue weighted by Crippen LogP contribution is -2.35. The number of rotatable bonds is 3. The molecule has 1 amide bonds. The number of piperidine rings is 1. The molecule has 2 rings (SSSR count). The molecular weight excluding hydrogens is 283 g/mol. The average molecular weight is 308 g/mol. The number of carbonyl (C=O) groups is 1. The van der Waals surface area contributed by atoms with E-state index in [9.17, 15) is 9.18 Å². The molecule has 0 spiro atoms. The number of amides is 1. The van der Waals surface area contributed by atoms with Gasteiger partial charge < -0.3 is 10.1 Å². The standard InChI is InChI=1S/C17H25FN2O2/c1-17(2,3)22-16(21)20-15-11-12(7-8-14(15)18)10-13-6-4-5-9-19-13/h7-8,11,13,19H,4-6,9-10H2,1-3H3,(H,20,21). The van der Waals surface area contributed by atoms with Gasteiger partial charge in [0.2, 0.25) is 0 Å². The summed E-state index contributed by atoms with van der Waals surface area (Å²) in [5, 5.41) is 5.96. The minimum atomic E-state index is -0.639. The minimum absolute atomic E-state index is 0.169. The SMILES string of the molecule is CC(C)(C)OC(=O)Nc1cc(CC2CCCCN2)ccc1F. The van der Waals surface area contributed by atoms with Crippen molar-refractivity contribution in [1.82, 2.24) is 5.32 Å². The predicted octanol–water partition coefficient (Wildman–Crippen LogP) is 3.86. The zero-order valence-electron chi connectivity index (χ0n) is 13.5. The summed E-state index contributed by atoms with van der Waals surface area (Å²) in [6, 6.07) is 5.28. The van der Waals surface area contributed by atoms with Crippen molar-refractivity contribution in [1.29, 1.82) is 0 Å². The van der Waals surface area contributed by atoms with Crippen LogP contribution in [-0.4, -0.2) is 24.3 Å². The van der Waals surface area contributed by atoms with E-state index in [1.54, 1.807) is 32.9 Å². The summed E-state index contributed by atoms with van der Waals surface area (Å²) < 4.78 is 19.0. The highest BCUT2D eigenvalue weighted by Crippen LogP contribution is 2.20. The Bertz CT molecular complexity index is 520. The van der Waals surface area contributed by atoms with Crippen molar-refractivity contribution >= 4 is 11.8 Å². The number of benzene rings is 1. The third kappa shape index (κ3) is 5.30. The second-order valence-electron chi connectivity index (χ2n) is 6.79. The van der Waals surface area contributed by atoms with Gasteiger partial charge in [-0.15, -0.1) is 0 Å². The van der Waals surface area contributed by atoms with Crippen LogP contribution in [0.1, 0.15) is 45.6 Å². The highest BCUT2D eigenvalue weighted by atomic mass is 19.1. The van der Waals surface area contributed by atoms with Crippen molar-refractivity contribution in [3.05, 3.63) is 29.6 Å². The van der Waals surface area contributed by atoms with E-state index in [2.05, 4.69) is 10.6 Å². The molecule has 0 bridgehead atoms. The first-order chi connectivity index (χ1) is 10.3. The van der Waals surface area contributed by atoms with E-state index in [0.29, 0.717) is 6.04 Å². The molecule has 0 radical (unpaired) electrons. The van der Waals surface area contributed by atoms with Crippen LogP contribution in [0.5, 0.6) is 0 Å². The summed E-state index contributed by atoms with van der Waals surface area (Å²) in [6.07, 6.45) is 3.77. The molecule has 1 saturated heterocycles. The Hall–Kier alpha value is -1.62. The van der Waals surface area contributed by atoms with Crippen LogP contribution in [0, 0.1) is 5.82 Å². The fraction of sp³-hybridized carbons (Fsp3) is 0.588. The van der Waals surface area contributed by atoms with Crippen molar-refractivity contribution in [3.63, 3.8) is 0 Å². The second kappa shape index (κ2) is 7.09. The predicted molar refractivity (Wildman–Crippen MR) is 85.6 cm³/mol. The summed E-state index contributed by atoms with van der Waals surface area (Å²) in [5.74, 6) is -0.453. The number of carbonyl (C=O) groups excluding carboxylic acids is 1. The molecule has 1 aromatic carbocycles. The van der Waals surface area contributed by atoms with Crippen LogP contribution in [0.25, 0.3) is 0 Å². The monoisotopic (exact) mass is 308 g/mol. The quantitative estimate of drug-likeness (QED) is 0.891. The van der Waals surface area contributed by atoms with Crippen molar-refractivity contribution < 1.29 is 13.9 Å². The minimum Gasteiger partial charge on any atom is -0.444 e. The smallest absolute Gasteiger partial charge is 0.412 e. The molecule has 1 atom stereocenters. The van der Waals surface area contributed by atoms with Crippen LogP contribution >= 0.6 is 0 Å². The van der Waals surface area contributed by atoms with Gasteiger partial charge >= 0.3 is 6.09 Å². The van der Waals surface area contributed by atoms with E-state index >= 15 is 0 Å². The molecule has 0 saturated carbocycles. The molecule has 122 valence electrons. The average Bonchev–Trinajstić information content (AvgIpc) is 2.41. The first-order valence-corrected chi connectivity index (χ1v) is 7.85. The molecule has 0 aromatic heterocycles. The first kappa shape index (κ1) is 16.7. The molecule has 2 N–H and O–H groups in total. The molecule has 5 heteroatoms. The largest absolute Gasteiger partial charge is 0.444 e. The summed E-state index contributed by atoms with van der Waals surface area (Å²) in [5.41, 5.74) is 0.568. The van der Waals surface area contributed by atoms with Crippen LogP contribution < -0.4 is 10.6 Å². The van der Waals surface area contributed by atoms with Crippen molar-refractivity contribution in [2.75, 3.05) is 11.9 Å². The van der Waals surface area contributed by atoms with Gasteiger partial charge in [-0.25, -0.2) is 9.18 Å². The summed E-state index contributed by atoms with van der Waals surface area (Å²) >= 11 is 0. The normalized spacial score (nSPS) is 18.8. The third-order valence-corrected chi connectivity index (χ3v) is 3.56. The fourth-order valence-corrected chi connectivity index (χ4v) is 2.59. The number of hydrogen-bond donors (Lipinski definition) is 2. The highest BCUT2D eigenvalue weighted by Gasteiger charge is 2.18. The molecule has 1 aliphatic rings. The Morgan fingerprint density at radius 3 is 2.82 bits per heavy atom. The number of hydrogen-bond acceptors (Lipinski definition) is 3. The van der Waals surface area contributed by atoms with Gasteiger partial charge in [-0.2, -0.15) is 0 Å². The molecule has 0 aliphatic carbocycles. The van der Waals surface area contributed by atoms with Crippen LogP contribution in [-0.2, 0) is 11.2 Å². The van der Waals surface area contributed by atoms with Crippen molar-refractivity contribution in [2.24, 2.45) is 0 Å². The summed E-state index contributed by atoms with van der Waals surface area (Å²) in [6.45, 7) is 6.35. The van der Waals surface area contributed by atoms with Gasteiger partial charge in [0, 0.05) is 6.04 Å². The molecule has 4 nitrogen and oxygen atoms in total. The Balaban J connectivity index is 2.01. The molecule has 1 heterocycles. The molecular formula is C17H25FN2O2. The molecule has 1 aromatic rings. The lowest BCUT2D eigenvalue weighted by Gasteiger charge is -2.24. The number of halogens is 1. The van der Waals surface area contributed by atoms with E-state index in [1.807, 2.05) is 0 Å². The van der Waals surface area contributed by atoms with Gasteiger partial charge in [-0.3, -0.25) is 5.32 Å². The van der Waals surface area contributed by atoms with E-state index < -0.39 is 17.5 Å². The maximum Gasteiger partial charge on any atom is 0.412 e. The Morgan fingerprint density at radius 1 is 1.41 bits per heavy atom. The van der Waals surface area contributed by atoms with E-state index in [0.717, 1.165) is 24.9 Å². The topological polar surface area (TPSA) is 50.4 Å². The molecule has 22 heavy (non-hydrogen) atoms. The number of nitrogens with one attached hydrogen (secondary N) is 2. The molecule has 1 fully saturated rings. The van der Waals surface area contributed by atoms with Gasteiger partial charge in [0.25, 0.3) is 0 Å². The molecule has 1 aliphatic heterocycles. The van der Waals surface area contributed by atoms with Crippen LogP contribution in [0.2, 0.25) is 0 Å². The second-order valence-corrected chi connectivity index (χ2v) is 6.79. The van der Waals surface area contributed by atoms with Gasteiger partial charge in [0.1, 0.15) is 11.4 Å². The summed E-state index contributed by atoms with van der Waals surface area (Å²) in [7, 11) is 0. The third-order valence-electron chi connectivity index (χ3n) is 3.56. The number of ether oxygens (including phenoxy) is 1. The van der Waals surface area contributed by atoms with Gasteiger partial charge in [0.15, 0.2) is 0 Å². The zero-order chi connectivity index (χ0) is 16.2. The summed E-state index contributed by atoms with van der Waals surface area (Å²) in [4.78, 5) is 11.8. The lowest BCUT2D eigenvalue weighted by atomic mass is 9.97. The maximum atomic E-state index is 13.9. The van der Waals surface area contributed by atoms with Crippen molar-refractivity contribution in [2.45, 2.75) is 58.1 Å². The van der Waals surface area contributed by atoms with E-state index in [1.165, 1.54) is 18.9 Å². The fourth-order valence-electron chi connectivity index (χ4n) is 2.59. The van der Waals surface area contributed by atoms with E-state index in [4.69, 9.17) is 4.74 Å². The molecule has 1 unspecified atom stereocenters. The van der Waals surface area contributed by atoms with Crippen LogP contribution in [0.4, 0.5) is 14.9 Å². The van der Waals surface area contributed by atoms with Crippen LogP contribution in [0.3, 0.4) is 0 Å². The van der Waals surface area contributed by atoms with E-state index in [-0.39, 0.29) is 5.69 Å². The Morgan fingerprint density at radius 2 is 2.18 bits per heavy atom. The zero-order valence-corrected chi connectivity index (χ0v) is 13.5. The van der Waals surface area contributed by atoms with Gasteiger partial charge in [-0.05, 0) is 64.3 Å². The maximum absolute atomic E-state index is 13.9. The first-order valence-electron chi connectivity index (χ1n) is 7.85. The lowest BCUT2D eigenvalue weighted by molar-refractivity contribution is 0.0635. The van der Waals surface area contributed by atoms with Gasteiger partial charge in [0.05, 0.1) is 5.69 Å². The highest BCUT2D eigenvalue weighted by molar-refractivity contribution is 5.85. The van der Waals surface area contributed by atoms with Crippen LogP contribution in [0.15, 0.2) is 18.2 Å². The Labute approximate surface area is 131 Å². The Kier molecular flexibility index (Phi) is 5.40.